The van der Waals surface area contributed by atoms with Gasteiger partial charge in [-0.3, -0.25) is 9.52 Å². The van der Waals surface area contributed by atoms with E-state index in [1.54, 1.807) is 48.5 Å². The largest absolute Gasteiger partial charge is 0.495 e. The smallest absolute Gasteiger partial charge is 0.248 e. The number of hydrogen-bond acceptors (Lipinski definition) is 4. The lowest BCUT2D eigenvalue weighted by Gasteiger charge is -2.09. The van der Waals surface area contributed by atoms with Crippen molar-refractivity contribution in [2.45, 2.75) is 0 Å². The van der Waals surface area contributed by atoms with Crippen molar-refractivity contribution in [3.63, 3.8) is 0 Å². The first-order chi connectivity index (χ1) is 11.8. The highest BCUT2D eigenvalue weighted by atomic mass is 35.5. The second-order valence-electron chi connectivity index (χ2n) is 5.16. The molecule has 2 aromatic carbocycles. The standard InChI is InChI=1S/C17H17ClN2O4S/c1-24-16-9-6-13(18)11-15(16)19-17(21)10-5-12-3-7-14(8-4-12)20-25(2,22)23/h3-11,20H,1-2H3,(H,19,21)/b10-5+. The molecule has 0 aliphatic rings. The summed E-state index contributed by atoms with van der Waals surface area (Å²) in [4.78, 5) is 12.0. The number of benzene rings is 2. The van der Waals surface area contributed by atoms with Gasteiger partial charge in [-0.15, -0.1) is 0 Å². The monoisotopic (exact) mass is 380 g/mol. The molecule has 0 spiro atoms. The van der Waals surface area contributed by atoms with Crippen LogP contribution >= 0.6 is 11.6 Å². The maximum Gasteiger partial charge on any atom is 0.248 e. The molecule has 0 fully saturated rings. The van der Waals surface area contributed by atoms with Crippen LogP contribution in [0.5, 0.6) is 5.75 Å². The van der Waals surface area contributed by atoms with Gasteiger partial charge in [0, 0.05) is 16.8 Å². The molecule has 0 aliphatic carbocycles. The summed E-state index contributed by atoms with van der Waals surface area (Å²) in [6.07, 6.45) is 4.05. The third-order valence-electron chi connectivity index (χ3n) is 3.06. The van der Waals surface area contributed by atoms with Crippen LogP contribution in [-0.4, -0.2) is 27.7 Å². The van der Waals surface area contributed by atoms with Gasteiger partial charge in [0.2, 0.25) is 15.9 Å². The zero-order valence-corrected chi connectivity index (χ0v) is 15.2. The molecule has 0 saturated heterocycles. The summed E-state index contributed by atoms with van der Waals surface area (Å²) in [6.45, 7) is 0. The second kappa shape index (κ2) is 8.04. The molecular weight excluding hydrogens is 364 g/mol. The van der Waals surface area contributed by atoms with Crippen molar-refractivity contribution in [3.8, 4) is 5.75 Å². The number of rotatable bonds is 6. The summed E-state index contributed by atoms with van der Waals surface area (Å²) < 4.78 is 29.8. The second-order valence-corrected chi connectivity index (χ2v) is 7.35. The van der Waals surface area contributed by atoms with Crippen LogP contribution in [0, 0.1) is 0 Å². The fraction of sp³-hybridized carbons (Fsp3) is 0.118. The van der Waals surface area contributed by atoms with E-state index in [1.165, 1.54) is 13.2 Å². The van der Waals surface area contributed by atoms with Crippen molar-refractivity contribution >= 4 is 45.0 Å². The van der Waals surface area contributed by atoms with Crippen molar-refractivity contribution in [2.24, 2.45) is 0 Å². The van der Waals surface area contributed by atoms with Crippen LogP contribution in [-0.2, 0) is 14.8 Å². The zero-order valence-electron chi connectivity index (χ0n) is 13.6. The van der Waals surface area contributed by atoms with E-state index >= 15 is 0 Å². The topological polar surface area (TPSA) is 84.5 Å². The molecule has 25 heavy (non-hydrogen) atoms. The van der Waals surface area contributed by atoms with Crippen molar-refractivity contribution in [1.29, 1.82) is 0 Å². The van der Waals surface area contributed by atoms with Crippen LogP contribution in [0.15, 0.2) is 48.5 Å². The van der Waals surface area contributed by atoms with Gasteiger partial charge in [-0.25, -0.2) is 8.42 Å². The number of anilines is 2. The first-order valence-electron chi connectivity index (χ1n) is 7.17. The van der Waals surface area contributed by atoms with E-state index in [2.05, 4.69) is 10.0 Å². The molecule has 1 amide bonds. The summed E-state index contributed by atoms with van der Waals surface area (Å²) in [7, 11) is -1.81. The molecule has 132 valence electrons. The van der Waals surface area contributed by atoms with E-state index in [0.717, 1.165) is 11.8 Å². The van der Waals surface area contributed by atoms with E-state index < -0.39 is 10.0 Å². The Morgan fingerprint density at radius 3 is 2.44 bits per heavy atom. The first-order valence-corrected chi connectivity index (χ1v) is 9.44. The average Bonchev–Trinajstić information content (AvgIpc) is 2.53. The van der Waals surface area contributed by atoms with E-state index in [-0.39, 0.29) is 5.91 Å². The molecular formula is C17H17ClN2O4S. The lowest BCUT2D eigenvalue weighted by molar-refractivity contribution is -0.111. The van der Waals surface area contributed by atoms with Gasteiger partial charge in [0.05, 0.1) is 19.1 Å². The summed E-state index contributed by atoms with van der Waals surface area (Å²) in [6, 6.07) is 11.5. The third kappa shape index (κ3) is 6.13. The average molecular weight is 381 g/mol. The van der Waals surface area contributed by atoms with Gasteiger partial charge in [0.1, 0.15) is 5.75 Å². The molecule has 2 rings (SSSR count). The highest BCUT2D eigenvalue weighted by Crippen LogP contribution is 2.27. The Balaban J connectivity index is 2.04. The minimum atomic E-state index is -3.32. The normalized spacial score (nSPS) is 11.3. The van der Waals surface area contributed by atoms with Gasteiger partial charge in [0.15, 0.2) is 0 Å². The summed E-state index contributed by atoms with van der Waals surface area (Å²) in [5.41, 5.74) is 1.66. The van der Waals surface area contributed by atoms with Gasteiger partial charge in [0.25, 0.3) is 0 Å². The number of carbonyl (C=O) groups excluding carboxylic acids is 1. The Morgan fingerprint density at radius 1 is 1.16 bits per heavy atom. The van der Waals surface area contributed by atoms with E-state index in [9.17, 15) is 13.2 Å². The molecule has 6 nitrogen and oxygen atoms in total. The number of hydrogen-bond donors (Lipinski definition) is 2. The number of halogens is 1. The Labute approximate surface area is 151 Å². The van der Waals surface area contributed by atoms with Crippen molar-refractivity contribution in [1.82, 2.24) is 0 Å². The molecule has 0 radical (unpaired) electrons. The third-order valence-corrected chi connectivity index (χ3v) is 3.90. The number of amides is 1. The molecule has 0 saturated carbocycles. The lowest BCUT2D eigenvalue weighted by Crippen LogP contribution is -2.09. The molecule has 0 unspecified atom stereocenters. The van der Waals surface area contributed by atoms with Gasteiger partial charge < -0.3 is 10.1 Å². The summed E-state index contributed by atoms with van der Waals surface area (Å²) in [5, 5.41) is 3.17. The van der Waals surface area contributed by atoms with E-state index in [4.69, 9.17) is 16.3 Å². The zero-order chi connectivity index (χ0) is 18.4. The number of methoxy groups -OCH3 is 1. The van der Waals surface area contributed by atoms with Crippen LogP contribution in [0.2, 0.25) is 5.02 Å². The Kier molecular flexibility index (Phi) is 6.06. The van der Waals surface area contributed by atoms with Crippen LogP contribution in [0.1, 0.15) is 5.56 Å². The van der Waals surface area contributed by atoms with Crippen LogP contribution < -0.4 is 14.8 Å². The quantitative estimate of drug-likeness (QED) is 0.752. The van der Waals surface area contributed by atoms with Crippen molar-refractivity contribution in [3.05, 3.63) is 59.1 Å². The molecule has 0 atom stereocenters. The Hall–Kier alpha value is -2.51. The number of carbonyl (C=O) groups is 1. The molecule has 0 aromatic heterocycles. The highest BCUT2D eigenvalue weighted by Gasteiger charge is 2.06. The van der Waals surface area contributed by atoms with Gasteiger partial charge in [-0.2, -0.15) is 0 Å². The minimum absolute atomic E-state index is 0.348. The fourth-order valence-electron chi connectivity index (χ4n) is 2.00. The molecule has 2 N–H and O–H groups in total. The molecule has 0 bridgehead atoms. The molecule has 0 aliphatic heterocycles. The van der Waals surface area contributed by atoms with Gasteiger partial charge in [-0.05, 0) is 42.0 Å². The number of nitrogens with one attached hydrogen (secondary N) is 2. The molecule has 2 aromatic rings. The highest BCUT2D eigenvalue weighted by molar-refractivity contribution is 7.92. The minimum Gasteiger partial charge on any atom is -0.495 e. The SMILES string of the molecule is COc1ccc(Cl)cc1NC(=O)/C=C/c1ccc(NS(C)(=O)=O)cc1. The maximum atomic E-state index is 12.0. The van der Waals surface area contributed by atoms with Crippen LogP contribution in [0.25, 0.3) is 6.08 Å². The lowest BCUT2D eigenvalue weighted by atomic mass is 10.2. The molecule has 0 heterocycles. The van der Waals surface area contributed by atoms with Gasteiger partial charge in [-0.1, -0.05) is 23.7 Å². The first kappa shape index (κ1) is 18.8. The maximum absolute atomic E-state index is 12.0. The summed E-state index contributed by atoms with van der Waals surface area (Å²) >= 11 is 5.92. The Morgan fingerprint density at radius 2 is 1.84 bits per heavy atom. The predicted octanol–water partition coefficient (Wildman–Crippen LogP) is 3.37. The summed E-state index contributed by atoms with van der Waals surface area (Å²) in [5.74, 6) is 0.154. The molecule has 8 heteroatoms. The Bertz CT molecular complexity index is 893. The van der Waals surface area contributed by atoms with E-state index in [1.807, 2.05) is 0 Å². The van der Waals surface area contributed by atoms with Crippen LogP contribution in [0.4, 0.5) is 11.4 Å². The van der Waals surface area contributed by atoms with Crippen molar-refractivity contribution < 1.29 is 17.9 Å². The van der Waals surface area contributed by atoms with Crippen molar-refractivity contribution in [2.75, 3.05) is 23.4 Å². The number of ether oxygens (including phenoxy) is 1. The van der Waals surface area contributed by atoms with E-state index in [0.29, 0.717) is 22.1 Å². The number of sulfonamides is 1. The fourth-order valence-corrected chi connectivity index (χ4v) is 2.74. The predicted molar refractivity (Wildman–Crippen MR) is 101 cm³/mol. The van der Waals surface area contributed by atoms with Crippen LogP contribution in [0.3, 0.4) is 0 Å². The van der Waals surface area contributed by atoms with Gasteiger partial charge >= 0.3 is 0 Å².